The largest absolute Gasteiger partial charge is 0.481 e. The molecule has 0 aromatic heterocycles. The van der Waals surface area contributed by atoms with Gasteiger partial charge in [0.15, 0.2) is 0 Å². The molecule has 0 aromatic rings. The first-order valence-electron chi connectivity index (χ1n) is 6.77. The number of urea groups is 1. The van der Waals surface area contributed by atoms with Gasteiger partial charge in [-0.15, -0.1) is 0 Å². The molecular weight excluding hydrogens is 264 g/mol. The van der Waals surface area contributed by atoms with Crippen molar-refractivity contribution in [3.8, 4) is 0 Å². The van der Waals surface area contributed by atoms with Crippen LogP contribution in [0.15, 0.2) is 0 Å². The molecule has 1 aliphatic rings. The Morgan fingerprint density at radius 1 is 1.53 bits per heavy atom. The predicted molar refractivity (Wildman–Crippen MR) is 77.6 cm³/mol. The topological polar surface area (TPSA) is 60.9 Å². The fourth-order valence-electron chi connectivity index (χ4n) is 2.17. The third-order valence-corrected chi connectivity index (χ3v) is 4.58. The highest BCUT2D eigenvalue weighted by Crippen LogP contribution is 2.20. The molecule has 0 aliphatic carbocycles. The van der Waals surface area contributed by atoms with Crippen LogP contribution in [0.25, 0.3) is 0 Å². The lowest BCUT2D eigenvalue weighted by Crippen LogP contribution is -2.52. The van der Waals surface area contributed by atoms with E-state index in [9.17, 15) is 9.59 Å². The summed E-state index contributed by atoms with van der Waals surface area (Å²) in [5.74, 6) is 1.23. The summed E-state index contributed by atoms with van der Waals surface area (Å²) in [4.78, 5) is 26.7. The molecule has 2 atom stereocenters. The smallest absolute Gasteiger partial charge is 0.320 e. The van der Waals surface area contributed by atoms with E-state index >= 15 is 0 Å². The van der Waals surface area contributed by atoms with Gasteiger partial charge in [-0.1, -0.05) is 20.3 Å². The van der Waals surface area contributed by atoms with Crippen LogP contribution in [0.2, 0.25) is 0 Å². The van der Waals surface area contributed by atoms with Crippen LogP contribution in [0.4, 0.5) is 4.79 Å². The molecule has 1 rings (SSSR count). The lowest BCUT2D eigenvalue weighted by molar-refractivity contribution is -0.138. The molecule has 1 aliphatic heterocycles. The maximum atomic E-state index is 12.4. The van der Waals surface area contributed by atoms with Crippen molar-refractivity contribution in [2.24, 2.45) is 5.92 Å². The maximum absolute atomic E-state index is 12.4. The number of rotatable bonds is 5. The lowest BCUT2D eigenvalue weighted by Gasteiger charge is -2.37. The van der Waals surface area contributed by atoms with Gasteiger partial charge < -0.3 is 14.9 Å². The molecule has 1 saturated heterocycles. The van der Waals surface area contributed by atoms with Gasteiger partial charge in [0.2, 0.25) is 0 Å². The first-order valence-corrected chi connectivity index (χ1v) is 7.92. The third kappa shape index (κ3) is 4.93. The maximum Gasteiger partial charge on any atom is 0.320 e. The van der Waals surface area contributed by atoms with Crippen molar-refractivity contribution in [3.05, 3.63) is 0 Å². The van der Waals surface area contributed by atoms with Crippen LogP contribution in [0.3, 0.4) is 0 Å². The highest BCUT2D eigenvalue weighted by Gasteiger charge is 2.30. The van der Waals surface area contributed by atoms with E-state index in [1.807, 2.05) is 0 Å². The summed E-state index contributed by atoms with van der Waals surface area (Å²) in [5.41, 5.74) is 0. The fourth-order valence-corrected chi connectivity index (χ4v) is 3.23. The van der Waals surface area contributed by atoms with E-state index in [4.69, 9.17) is 5.11 Å². The van der Waals surface area contributed by atoms with Crippen LogP contribution < -0.4 is 0 Å². The summed E-state index contributed by atoms with van der Waals surface area (Å²) >= 11 is 1.72. The Bertz CT molecular complexity index is 325. The number of aliphatic carboxylic acids is 1. The standard InChI is InChI=1S/C13H24N2O3S/c1-4-10(2)8-14(3)13(18)15-5-6-19-9-11(15)7-12(16)17/h10-11H,4-9H2,1-3H3,(H,16,17). The Hall–Kier alpha value is -0.910. The Morgan fingerprint density at radius 2 is 2.21 bits per heavy atom. The van der Waals surface area contributed by atoms with Crippen LogP contribution in [0.5, 0.6) is 0 Å². The van der Waals surface area contributed by atoms with Crippen molar-refractivity contribution in [3.63, 3.8) is 0 Å². The monoisotopic (exact) mass is 288 g/mol. The Kier molecular flexibility index (Phi) is 6.48. The van der Waals surface area contributed by atoms with E-state index in [2.05, 4.69) is 13.8 Å². The summed E-state index contributed by atoms with van der Waals surface area (Å²) in [6.45, 7) is 5.59. The van der Waals surface area contributed by atoms with E-state index in [1.54, 1.807) is 28.6 Å². The molecule has 2 unspecified atom stereocenters. The highest BCUT2D eigenvalue weighted by molar-refractivity contribution is 7.99. The van der Waals surface area contributed by atoms with Gasteiger partial charge in [0, 0.05) is 31.6 Å². The zero-order valence-electron chi connectivity index (χ0n) is 12.0. The second kappa shape index (κ2) is 7.62. The van der Waals surface area contributed by atoms with Gasteiger partial charge in [-0.25, -0.2) is 4.79 Å². The molecule has 1 fully saturated rings. The third-order valence-electron chi connectivity index (χ3n) is 3.49. The zero-order chi connectivity index (χ0) is 14.4. The normalized spacial score (nSPS) is 21.0. The van der Waals surface area contributed by atoms with Gasteiger partial charge in [-0.2, -0.15) is 11.8 Å². The minimum atomic E-state index is -0.838. The molecule has 19 heavy (non-hydrogen) atoms. The molecule has 0 bridgehead atoms. The van der Waals surface area contributed by atoms with E-state index in [0.717, 1.165) is 24.5 Å². The number of carbonyl (C=O) groups is 2. The lowest BCUT2D eigenvalue weighted by atomic mass is 10.1. The fraction of sp³-hybridized carbons (Fsp3) is 0.846. The van der Waals surface area contributed by atoms with Crippen molar-refractivity contribution in [1.29, 1.82) is 0 Å². The van der Waals surface area contributed by atoms with E-state index in [-0.39, 0.29) is 18.5 Å². The Labute approximate surface area is 119 Å². The molecule has 6 heteroatoms. The number of carboxylic acids is 1. The van der Waals surface area contributed by atoms with Crippen LogP contribution in [-0.2, 0) is 4.79 Å². The van der Waals surface area contributed by atoms with Crippen LogP contribution in [0, 0.1) is 5.92 Å². The summed E-state index contributed by atoms with van der Waals surface area (Å²) in [5, 5.41) is 8.93. The number of nitrogens with zero attached hydrogens (tertiary/aromatic N) is 2. The van der Waals surface area contributed by atoms with Crippen molar-refractivity contribution >= 4 is 23.8 Å². The molecule has 0 saturated carbocycles. The molecule has 0 aromatic carbocycles. The van der Waals surface area contributed by atoms with Gasteiger partial charge in [0.1, 0.15) is 0 Å². The van der Waals surface area contributed by atoms with E-state index in [1.165, 1.54) is 0 Å². The van der Waals surface area contributed by atoms with Crippen LogP contribution in [-0.4, -0.2) is 64.6 Å². The van der Waals surface area contributed by atoms with Gasteiger partial charge in [0.25, 0.3) is 0 Å². The van der Waals surface area contributed by atoms with Gasteiger partial charge in [0.05, 0.1) is 12.5 Å². The Morgan fingerprint density at radius 3 is 2.79 bits per heavy atom. The molecule has 2 amide bonds. The van der Waals surface area contributed by atoms with E-state index in [0.29, 0.717) is 12.5 Å². The van der Waals surface area contributed by atoms with Crippen molar-refractivity contribution < 1.29 is 14.7 Å². The van der Waals surface area contributed by atoms with Crippen LogP contribution in [0.1, 0.15) is 26.7 Å². The summed E-state index contributed by atoms with van der Waals surface area (Å²) in [7, 11) is 1.80. The number of carbonyl (C=O) groups excluding carboxylic acids is 1. The second-order valence-corrected chi connectivity index (χ2v) is 6.35. The highest BCUT2D eigenvalue weighted by atomic mass is 32.2. The quantitative estimate of drug-likeness (QED) is 0.840. The summed E-state index contributed by atoms with van der Waals surface area (Å²) in [6, 6.07) is -0.213. The predicted octanol–water partition coefficient (Wildman–Crippen LogP) is 1.98. The number of hydrogen-bond donors (Lipinski definition) is 1. The van der Waals surface area contributed by atoms with Crippen molar-refractivity contribution in [2.75, 3.05) is 31.6 Å². The first kappa shape index (κ1) is 16.1. The molecule has 5 nitrogen and oxygen atoms in total. The SMILES string of the molecule is CCC(C)CN(C)C(=O)N1CCSCC1CC(=O)O. The van der Waals surface area contributed by atoms with Gasteiger partial charge >= 0.3 is 12.0 Å². The molecule has 1 heterocycles. The molecule has 1 N–H and O–H groups in total. The van der Waals surface area contributed by atoms with E-state index < -0.39 is 5.97 Å². The van der Waals surface area contributed by atoms with Crippen molar-refractivity contribution in [1.82, 2.24) is 9.80 Å². The number of carboxylic acid groups (broad SMARTS) is 1. The summed E-state index contributed by atoms with van der Waals surface area (Å²) in [6.07, 6.45) is 1.07. The molecule has 0 radical (unpaired) electrons. The zero-order valence-corrected chi connectivity index (χ0v) is 12.8. The molecule has 0 spiro atoms. The molecular formula is C13H24N2O3S. The number of hydrogen-bond acceptors (Lipinski definition) is 3. The minimum Gasteiger partial charge on any atom is -0.481 e. The van der Waals surface area contributed by atoms with Gasteiger partial charge in [-0.05, 0) is 5.92 Å². The first-order chi connectivity index (χ1) is 8.95. The minimum absolute atomic E-state index is 0.0353. The van der Waals surface area contributed by atoms with Crippen molar-refractivity contribution in [2.45, 2.75) is 32.7 Å². The second-order valence-electron chi connectivity index (χ2n) is 5.20. The average molecular weight is 288 g/mol. The summed E-state index contributed by atoms with van der Waals surface area (Å²) < 4.78 is 0. The number of thioether (sulfide) groups is 1. The Balaban J connectivity index is 2.63. The molecule has 110 valence electrons. The van der Waals surface area contributed by atoms with Gasteiger partial charge in [-0.3, -0.25) is 4.79 Å². The van der Waals surface area contributed by atoms with Crippen LogP contribution >= 0.6 is 11.8 Å². The average Bonchev–Trinajstić information content (AvgIpc) is 2.37. The number of amides is 2.